The lowest BCUT2D eigenvalue weighted by Gasteiger charge is -2.29. The summed E-state index contributed by atoms with van der Waals surface area (Å²) in [6, 6.07) is 0.865. The number of hydrogen-bond donors (Lipinski definition) is 2. The third-order valence-electron chi connectivity index (χ3n) is 5.30. The van der Waals surface area contributed by atoms with Gasteiger partial charge in [-0.05, 0) is 32.1 Å². The second-order valence-corrected chi connectivity index (χ2v) is 8.12. The van der Waals surface area contributed by atoms with Crippen LogP contribution in [-0.4, -0.2) is 22.1 Å². The van der Waals surface area contributed by atoms with Crippen molar-refractivity contribution >= 4 is 23.1 Å². The highest BCUT2D eigenvalue weighted by atomic mass is 32.1. The molecule has 0 aliphatic heterocycles. The van der Waals surface area contributed by atoms with E-state index in [2.05, 4.69) is 23.3 Å². The molecule has 4 rings (SSSR count). The van der Waals surface area contributed by atoms with Crippen molar-refractivity contribution in [1.29, 1.82) is 0 Å². The van der Waals surface area contributed by atoms with Crippen LogP contribution in [0.1, 0.15) is 56.7 Å². The highest BCUT2D eigenvalue weighted by Gasteiger charge is 2.25. The van der Waals surface area contributed by atoms with Gasteiger partial charge < -0.3 is 11.1 Å². The van der Waals surface area contributed by atoms with Gasteiger partial charge in [0.05, 0.1) is 16.9 Å². The van der Waals surface area contributed by atoms with Crippen molar-refractivity contribution < 1.29 is 0 Å². The number of allylic oxidation sites excluding steroid dienone is 1. The standard InChI is InChI=1S/C20H26N4S/c1-2-3-13-10-16-18(11-13)23-12-17(20-22-8-9-25-20)19(16)24-15-6-4-14(21)5-7-15/h8-10,12,14-15H,2-7,11,21H2,1H3,(H,23,24). The molecular weight excluding hydrogens is 328 g/mol. The van der Waals surface area contributed by atoms with E-state index in [1.165, 1.54) is 28.9 Å². The van der Waals surface area contributed by atoms with Crippen LogP contribution in [0.25, 0.3) is 16.6 Å². The number of pyridine rings is 1. The van der Waals surface area contributed by atoms with Gasteiger partial charge in [-0.2, -0.15) is 0 Å². The molecule has 0 aromatic carbocycles. The molecule has 2 aliphatic rings. The zero-order valence-electron chi connectivity index (χ0n) is 14.8. The van der Waals surface area contributed by atoms with E-state index >= 15 is 0 Å². The van der Waals surface area contributed by atoms with Gasteiger partial charge in [0.1, 0.15) is 5.01 Å². The second kappa shape index (κ2) is 7.26. The molecule has 2 aromatic heterocycles. The fourth-order valence-corrected chi connectivity index (χ4v) is 4.61. The SMILES string of the molecule is CCCC1=Cc2c(ncc(-c3nccs3)c2NC2CCC(N)CC2)C1. The Morgan fingerprint density at radius 3 is 2.80 bits per heavy atom. The van der Waals surface area contributed by atoms with Crippen LogP contribution >= 0.6 is 11.3 Å². The third-order valence-corrected chi connectivity index (χ3v) is 6.10. The van der Waals surface area contributed by atoms with Crippen LogP contribution in [0.2, 0.25) is 0 Å². The van der Waals surface area contributed by atoms with E-state index < -0.39 is 0 Å². The number of nitrogens with two attached hydrogens (primary N) is 1. The molecule has 0 atom stereocenters. The van der Waals surface area contributed by atoms with E-state index in [0.29, 0.717) is 12.1 Å². The quantitative estimate of drug-likeness (QED) is 0.822. The molecule has 3 N–H and O–H groups in total. The molecule has 0 bridgehead atoms. The Hall–Kier alpha value is -1.72. The van der Waals surface area contributed by atoms with E-state index in [0.717, 1.165) is 49.1 Å². The van der Waals surface area contributed by atoms with Crippen LogP contribution in [0.3, 0.4) is 0 Å². The van der Waals surface area contributed by atoms with E-state index in [1.807, 2.05) is 17.8 Å². The summed E-state index contributed by atoms with van der Waals surface area (Å²) >= 11 is 1.68. The summed E-state index contributed by atoms with van der Waals surface area (Å²) in [4.78, 5) is 9.30. The number of rotatable bonds is 5. The van der Waals surface area contributed by atoms with Crippen LogP contribution in [0.5, 0.6) is 0 Å². The van der Waals surface area contributed by atoms with Crippen LogP contribution in [-0.2, 0) is 6.42 Å². The normalized spacial score (nSPS) is 22.6. The largest absolute Gasteiger partial charge is 0.381 e. The zero-order chi connectivity index (χ0) is 17.2. The first-order chi connectivity index (χ1) is 12.2. The third kappa shape index (κ3) is 3.48. The number of aromatic nitrogens is 2. The molecular formula is C20H26N4S. The topological polar surface area (TPSA) is 63.8 Å². The lowest BCUT2D eigenvalue weighted by molar-refractivity contribution is 0.411. The van der Waals surface area contributed by atoms with Gasteiger partial charge in [0, 0.05) is 41.8 Å². The summed E-state index contributed by atoms with van der Waals surface area (Å²) in [6.07, 6.45) is 14.1. The fraction of sp³-hybridized carbons (Fsp3) is 0.500. The van der Waals surface area contributed by atoms with Crippen LogP contribution in [0, 0.1) is 0 Å². The van der Waals surface area contributed by atoms with E-state index in [9.17, 15) is 0 Å². The van der Waals surface area contributed by atoms with Gasteiger partial charge in [-0.3, -0.25) is 4.98 Å². The summed E-state index contributed by atoms with van der Waals surface area (Å²) < 4.78 is 0. The first-order valence-corrected chi connectivity index (χ1v) is 10.3. The van der Waals surface area contributed by atoms with Gasteiger partial charge >= 0.3 is 0 Å². The minimum Gasteiger partial charge on any atom is -0.381 e. The van der Waals surface area contributed by atoms with E-state index in [-0.39, 0.29) is 0 Å². The number of nitrogens with one attached hydrogen (secondary N) is 1. The molecule has 2 heterocycles. The minimum absolute atomic E-state index is 0.371. The summed E-state index contributed by atoms with van der Waals surface area (Å²) in [5.41, 5.74) is 12.4. The molecule has 2 aromatic rings. The Labute approximate surface area is 153 Å². The summed E-state index contributed by atoms with van der Waals surface area (Å²) in [5.74, 6) is 0. The Balaban J connectivity index is 1.70. The number of hydrogen-bond acceptors (Lipinski definition) is 5. The van der Waals surface area contributed by atoms with Gasteiger partial charge in [0.15, 0.2) is 0 Å². The second-order valence-electron chi connectivity index (χ2n) is 7.23. The number of thiazole rings is 1. The van der Waals surface area contributed by atoms with Crippen LogP contribution in [0.4, 0.5) is 5.69 Å². The van der Waals surface area contributed by atoms with Crippen molar-refractivity contribution in [2.45, 2.75) is 64.0 Å². The lowest BCUT2D eigenvalue weighted by Crippen LogP contribution is -2.33. The van der Waals surface area contributed by atoms with Crippen molar-refractivity contribution in [3.05, 3.63) is 34.6 Å². The summed E-state index contributed by atoms with van der Waals surface area (Å²) in [7, 11) is 0. The molecule has 0 radical (unpaired) electrons. The maximum Gasteiger partial charge on any atom is 0.126 e. The molecule has 25 heavy (non-hydrogen) atoms. The summed E-state index contributed by atoms with van der Waals surface area (Å²) in [6.45, 7) is 2.24. The number of anilines is 1. The maximum atomic E-state index is 6.08. The molecule has 0 spiro atoms. The van der Waals surface area contributed by atoms with Crippen molar-refractivity contribution in [1.82, 2.24) is 9.97 Å². The van der Waals surface area contributed by atoms with E-state index in [4.69, 9.17) is 10.7 Å². The molecule has 132 valence electrons. The Kier molecular flexibility index (Phi) is 4.86. The van der Waals surface area contributed by atoms with Crippen molar-refractivity contribution in [2.75, 3.05) is 5.32 Å². The van der Waals surface area contributed by atoms with Gasteiger partial charge in [-0.25, -0.2) is 4.98 Å². The van der Waals surface area contributed by atoms with Crippen molar-refractivity contribution in [2.24, 2.45) is 5.73 Å². The lowest BCUT2D eigenvalue weighted by atomic mass is 9.91. The molecule has 0 unspecified atom stereocenters. The van der Waals surface area contributed by atoms with E-state index in [1.54, 1.807) is 11.3 Å². The monoisotopic (exact) mass is 354 g/mol. The Bertz CT molecular complexity index is 758. The zero-order valence-corrected chi connectivity index (χ0v) is 15.6. The molecule has 1 fully saturated rings. The van der Waals surface area contributed by atoms with Gasteiger partial charge in [-0.15, -0.1) is 11.3 Å². The van der Waals surface area contributed by atoms with Crippen LogP contribution < -0.4 is 11.1 Å². The number of nitrogens with zero attached hydrogens (tertiary/aromatic N) is 2. The predicted octanol–water partition coefficient (Wildman–Crippen LogP) is 4.63. The van der Waals surface area contributed by atoms with Crippen LogP contribution in [0.15, 0.2) is 23.3 Å². The average molecular weight is 355 g/mol. The molecule has 0 amide bonds. The molecule has 4 nitrogen and oxygen atoms in total. The minimum atomic E-state index is 0.371. The van der Waals surface area contributed by atoms with Gasteiger partial charge in [0.25, 0.3) is 0 Å². The predicted molar refractivity (Wildman–Crippen MR) is 106 cm³/mol. The molecule has 2 aliphatic carbocycles. The average Bonchev–Trinajstić information content (AvgIpc) is 3.27. The summed E-state index contributed by atoms with van der Waals surface area (Å²) in [5, 5.41) is 6.92. The highest BCUT2D eigenvalue weighted by molar-refractivity contribution is 7.13. The molecule has 5 heteroatoms. The Morgan fingerprint density at radius 2 is 2.08 bits per heavy atom. The molecule has 1 saturated carbocycles. The maximum absolute atomic E-state index is 6.08. The first kappa shape index (κ1) is 16.7. The Morgan fingerprint density at radius 1 is 1.24 bits per heavy atom. The van der Waals surface area contributed by atoms with Crippen molar-refractivity contribution in [3.8, 4) is 10.6 Å². The van der Waals surface area contributed by atoms with Gasteiger partial charge in [0.2, 0.25) is 0 Å². The smallest absolute Gasteiger partial charge is 0.126 e. The first-order valence-electron chi connectivity index (χ1n) is 9.38. The highest BCUT2D eigenvalue weighted by Crippen LogP contribution is 2.39. The molecule has 0 saturated heterocycles. The van der Waals surface area contributed by atoms with Crippen molar-refractivity contribution in [3.63, 3.8) is 0 Å². The number of fused-ring (bicyclic) bond motifs is 1. The van der Waals surface area contributed by atoms with Gasteiger partial charge in [-0.1, -0.05) is 25.0 Å². The fourth-order valence-electron chi connectivity index (χ4n) is 3.96.